The van der Waals surface area contributed by atoms with Gasteiger partial charge in [-0.05, 0) is 60.9 Å². The molecule has 0 heterocycles. The smallest absolute Gasteiger partial charge is 0.263 e. The number of nitrogens with one attached hydrogen (secondary N) is 2. The summed E-state index contributed by atoms with van der Waals surface area (Å²) in [4.78, 5) is 12.8. The number of benzene rings is 3. The Balaban J connectivity index is 1.85. The Morgan fingerprint density at radius 3 is 2.38 bits per heavy atom. The topological polar surface area (TPSA) is 84.5 Å². The van der Waals surface area contributed by atoms with Gasteiger partial charge >= 0.3 is 0 Å². The molecular weight excluding hydrogens is 448 g/mol. The summed E-state index contributed by atoms with van der Waals surface area (Å²) < 4.78 is 33.7. The largest absolute Gasteiger partial charge is 0.497 e. The monoisotopic (exact) mass is 472 g/mol. The Labute approximate surface area is 193 Å². The zero-order valence-electron chi connectivity index (χ0n) is 18.1. The van der Waals surface area contributed by atoms with Crippen molar-refractivity contribution in [2.75, 3.05) is 11.8 Å². The van der Waals surface area contributed by atoms with Gasteiger partial charge in [0, 0.05) is 5.56 Å². The van der Waals surface area contributed by atoms with Crippen molar-refractivity contribution >= 4 is 33.2 Å². The molecule has 168 valence electrons. The van der Waals surface area contributed by atoms with Crippen molar-refractivity contribution in [3.63, 3.8) is 0 Å². The van der Waals surface area contributed by atoms with E-state index >= 15 is 0 Å². The summed E-state index contributed by atoms with van der Waals surface area (Å²) in [5, 5.41) is 2.99. The third-order valence-electron chi connectivity index (χ3n) is 5.10. The van der Waals surface area contributed by atoms with Crippen LogP contribution in [0.2, 0.25) is 5.02 Å². The lowest BCUT2D eigenvalue weighted by molar-refractivity contribution is 0.0935. The van der Waals surface area contributed by atoms with Gasteiger partial charge in [0.15, 0.2) is 0 Å². The van der Waals surface area contributed by atoms with E-state index in [1.807, 2.05) is 37.3 Å². The Hall–Kier alpha value is -3.03. The van der Waals surface area contributed by atoms with E-state index in [2.05, 4.69) is 10.0 Å². The number of rotatable bonds is 8. The summed E-state index contributed by atoms with van der Waals surface area (Å²) in [7, 11) is -2.40. The number of halogens is 1. The number of ether oxygens (including phenoxy) is 1. The maximum atomic E-state index is 13.0. The van der Waals surface area contributed by atoms with Crippen molar-refractivity contribution in [2.24, 2.45) is 0 Å². The summed E-state index contributed by atoms with van der Waals surface area (Å²) in [5.74, 6) is 0.334. The average molecular weight is 473 g/mol. The van der Waals surface area contributed by atoms with Crippen LogP contribution < -0.4 is 14.8 Å². The standard InChI is InChI=1S/C24H25ClN2O4S/c1-4-21(17-9-12-19(31-3)13-10-17)26-24(28)18-11-14-20(25)23(15-18)32(29,30)27-22-8-6-5-7-16(22)2/h5-15,21,27H,4H2,1-3H3,(H,26,28)/t21-/m0/s1. The lowest BCUT2D eigenvalue weighted by atomic mass is 10.0. The lowest BCUT2D eigenvalue weighted by Gasteiger charge is -2.18. The number of hydrogen-bond donors (Lipinski definition) is 2. The molecule has 0 spiro atoms. The first kappa shape index (κ1) is 23.6. The van der Waals surface area contributed by atoms with Crippen LogP contribution in [0, 0.1) is 6.92 Å². The molecule has 0 unspecified atom stereocenters. The van der Waals surface area contributed by atoms with Crippen molar-refractivity contribution in [1.82, 2.24) is 5.32 Å². The molecule has 0 radical (unpaired) electrons. The predicted molar refractivity (Wildman–Crippen MR) is 127 cm³/mol. The second-order valence-electron chi connectivity index (χ2n) is 7.27. The molecule has 3 aromatic carbocycles. The van der Waals surface area contributed by atoms with Gasteiger partial charge in [-0.1, -0.05) is 48.9 Å². The molecule has 1 atom stereocenters. The fourth-order valence-corrected chi connectivity index (χ4v) is 4.89. The van der Waals surface area contributed by atoms with Gasteiger partial charge in [0.05, 0.1) is 23.9 Å². The summed E-state index contributed by atoms with van der Waals surface area (Å²) in [6, 6.07) is 18.4. The molecule has 0 bridgehead atoms. The molecular formula is C24H25ClN2O4S. The summed E-state index contributed by atoms with van der Waals surface area (Å²) in [6.45, 7) is 3.76. The molecule has 0 fully saturated rings. The molecule has 6 nitrogen and oxygen atoms in total. The number of aryl methyl sites for hydroxylation is 1. The van der Waals surface area contributed by atoms with Crippen LogP contribution in [0.4, 0.5) is 5.69 Å². The van der Waals surface area contributed by atoms with Crippen molar-refractivity contribution in [2.45, 2.75) is 31.2 Å². The molecule has 0 aliphatic heterocycles. The van der Waals surface area contributed by atoms with Gasteiger partial charge in [-0.2, -0.15) is 0 Å². The van der Waals surface area contributed by atoms with Gasteiger partial charge < -0.3 is 10.1 Å². The number of anilines is 1. The van der Waals surface area contributed by atoms with Crippen molar-refractivity contribution < 1.29 is 17.9 Å². The van der Waals surface area contributed by atoms with E-state index in [9.17, 15) is 13.2 Å². The normalized spacial score (nSPS) is 12.1. The van der Waals surface area contributed by atoms with Crippen molar-refractivity contribution in [3.05, 3.63) is 88.4 Å². The van der Waals surface area contributed by atoms with Gasteiger partial charge in [0.1, 0.15) is 10.6 Å². The van der Waals surface area contributed by atoms with Gasteiger partial charge in [-0.25, -0.2) is 8.42 Å². The minimum atomic E-state index is -3.99. The van der Waals surface area contributed by atoms with Gasteiger partial charge in [0.25, 0.3) is 15.9 Å². The summed E-state index contributed by atoms with van der Waals surface area (Å²) >= 11 is 6.19. The van der Waals surface area contributed by atoms with E-state index in [1.165, 1.54) is 18.2 Å². The Morgan fingerprint density at radius 1 is 1.06 bits per heavy atom. The zero-order chi connectivity index (χ0) is 23.3. The van der Waals surface area contributed by atoms with Crippen LogP contribution in [0.15, 0.2) is 71.6 Å². The van der Waals surface area contributed by atoms with E-state index in [4.69, 9.17) is 16.3 Å². The molecule has 3 rings (SSSR count). The van der Waals surface area contributed by atoms with E-state index in [0.717, 1.165) is 16.9 Å². The molecule has 2 N–H and O–H groups in total. The third-order valence-corrected chi connectivity index (χ3v) is 6.95. The minimum absolute atomic E-state index is 0.0323. The fourth-order valence-electron chi connectivity index (χ4n) is 3.24. The second kappa shape index (κ2) is 10.1. The molecule has 0 aliphatic carbocycles. The van der Waals surface area contributed by atoms with Crippen molar-refractivity contribution in [1.29, 1.82) is 0 Å². The summed E-state index contributed by atoms with van der Waals surface area (Å²) in [5.41, 5.74) is 2.34. The number of hydrogen-bond acceptors (Lipinski definition) is 4. The van der Waals surface area contributed by atoms with Crippen LogP contribution >= 0.6 is 11.6 Å². The van der Waals surface area contributed by atoms with Gasteiger partial charge in [0.2, 0.25) is 0 Å². The molecule has 3 aromatic rings. The number of carbonyl (C=O) groups is 1. The van der Waals surface area contributed by atoms with E-state index in [0.29, 0.717) is 12.1 Å². The SMILES string of the molecule is CC[C@H](NC(=O)c1ccc(Cl)c(S(=O)(=O)Nc2ccccc2C)c1)c1ccc(OC)cc1. The number of sulfonamides is 1. The van der Waals surface area contributed by atoms with Crippen LogP contribution in [-0.2, 0) is 10.0 Å². The zero-order valence-corrected chi connectivity index (χ0v) is 19.6. The first-order valence-corrected chi connectivity index (χ1v) is 11.9. The highest BCUT2D eigenvalue weighted by atomic mass is 35.5. The maximum Gasteiger partial charge on any atom is 0.263 e. The van der Waals surface area contributed by atoms with E-state index < -0.39 is 15.9 Å². The first-order valence-electron chi connectivity index (χ1n) is 10.1. The molecule has 0 saturated carbocycles. The summed E-state index contributed by atoms with van der Waals surface area (Å²) in [6.07, 6.45) is 0.658. The highest BCUT2D eigenvalue weighted by Gasteiger charge is 2.22. The average Bonchev–Trinajstić information content (AvgIpc) is 2.79. The van der Waals surface area contributed by atoms with Crippen LogP contribution in [-0.4, -0.2) is 21.4 Å². The maximum absolute atomic E-state index is 13.0. The van der Waals surface area contributed by atoms with E-state index in [1.54, 1.807) is 32.2 Å². The Bertz CT molecular complexity index is 1210. The highest BCUT2D eigenvalue weighted by molar-refractivity contribution is 7.92. The van der Waals surface area contributed by atoms with Gasteiger partial charge in [-0.3, -0.25) is 9.52 Å². The van der Waals surface area contributed by atoms with Gasteiger partial charge in [-0.15, -0.1) is 0 Å². The van der Waals surface area contributed by atoms with Crippen LogP contribution in [0.25, 0.3) is 0 Å². The first-order chi connectivity index (χ1) is 15.2. The molecule has 8 heteroatoms. The Morgan fingerprint density at radius 2 is 1.75 bits per heavy atom. The minimum Gasteiger partial charge on any atom is -0.497 e. The van der Waals surface area contributed by atoms with Crippen LogP contribution in [0.5, 0.6) is 5.75 Å². The predicted octanol–water partition coefficient (Wildman–Crippen LogP) is 5.34. The molecule has 0 saturated heterocycles. The second-order valence-corrected chi connectivity index (χ2v) is 9.33. The Kier molecular flexibility index (Phi) is 7.43. The molecule has 32 heavy (non-hydrogen) atoms. The third kappa shape index (κ3) is 5.41. The number of methoxy groups -OCH3 is 1. The number of carbonyl (C=O) groups excluding carboxylic acids is 1. The lowest BCUT2D eigenvalue weighted by Crippen LogP contribution is -2.28. The molecule has 1 amide bonds. The highest BCUT2D eigenvalue weighted by Crippen LogP contribution is 2.27. The van der Waals surface area contributed by atoms with Crippen LogP contribution in [0.3, 0.4) is 0 Å². The molecule has 0 aromatic heterocycles. The quantitative estimate of drug-likeness (QED) is 0.463. The van der Waals surface area contributed by atoms with Crippen molar-refractivity contribution in [3.8, 4) is 5.75 Å². The fraction of sp³-hybridized carbons (Fsp3) is 0.208. The molecule has 0 aliphatic rings. The number of para-hydroxylation sites is 1. The number of amides is 1. The van der Waals surface area contributed by atoms with E-state index in [-0.39, 0.29) is 21.5 Å². The van der Waals surface area contributed by atoms with Crippen LogP contribution in [0.1, 0.15) is 40.9 Å².